The molecule has 0 bridgehead atoms. The maximum Gasteiger partial charge on any atom is 0.265 e. The Morgan fingerprint density at radius 3 is 3.00 bits per heavy atom. The first-order valence-corrected chi connectivity index (χ1v) is 5.20. The molecular weight excluding hydrogens is 200 g/mol. The third-order valence-corrected chi connectivity index (χ3v) is 3.06. The molecule has 0 saturated carbocycles. The minimum Gasteiger partial charge on any atom is -0.260 e. The maximum atomic E-state index is 11.4. The van der Waals surface area contributed by atoms with Crippen LogP contribution in [0.15, 0.2) is 28.1 Å². The second-order valence-electron chi connectivity index (χ2n) is 2.66. The molecule has 0 unspecified atom stereocenters. The summed E-state index contributed by atoms with van der Waals surface area (Å²) in [6, 6.07) is 4.51. The van der Waals surface area contributed by atoms with Gasteiger partial charge in [-0.3, -0.25) is 4.72 Å². The quantitative estimate of drug-likeness (QED) is 0.627. The van der Waals surface area contributed by atoms with Crippen LogP contribution >= 0.6 is 0 Å². The van der Waals surface area contributed by atoms with Gasteiger partial charge in [0, 0.05) is 5.56 Å². The Morgan fingerprint density at radius 2 is 2.29 bits per heavy atom. The van der Waals surface area contributed by atoms with Crippen LogP contribution in [0.2, 0.25) is 0 Å². The van der Waals surface area contributed by atoms with E-state index in [2.05, 4.69) is 22.0 Å². The zero-order valence-corrected chi connectivity index (χ0v) is 7.80. The van der Waals surface area contributed by atoms with Crippen LogP contribution in [0.25, 0.3) is 0 Å². The lowest BCUT2D eigenvalue weighted by Gasteiger charge is -2.10. The lowest BCUT2D eigenvalue weighted by atomic mass is 10.2. The largest absolute Gasteiger partial charge is 0.265 e. The van der Waals surface area contributed by atoms with E-state index < -0.39 is 10.0 Å². The van der Waals surface area contributed by atoms with Gasteiger partial charge in [-0.25, -0.2) is 13.4 Å². The first-order chi connectivity index (χ1) is 6.63. The van der Waals surface area contributed by atoms with Crippen molar-refractivity contribution in [2.75, 3.05) is 0 Å². The van der Waals surface area contributed by atoms with Gasteiger partial charge in [-0.2, -0.15) is 0 Å². The zero-order valence-electron chi connectivity index (χ0n) is 6.98. The van der Waals surface area contributed by atoms with Crippen LogP contribution in [0.4, 0.5) is 5.69 Å². The van der Waals surface area contributed by atoms with Gasteiger partial charge in [-0.05, 0) is 18.2 Å². The van der Waals surface area contributed by atoms with E-state index in [0.717, 1.165) is 0 Å². The minimum absolute atomic E-state index is 0.121. The summed E-state index contributed by atoms with van der Waals surface area (Å²) in [6.07, 6.45) is 7.37. The number of rotatable bonds is 0. The van der Waals surface area contributed by atoms with Gasteiger partial charge in [0.05, 0.1) is 5.69 Å². The van der Waals surface area contributed by atoms with Crippen molar-refractivity contribution in [2.45, 2.75) is 4.90 Å². The van der Waals surface area contributed by atoms with E-state index in [9.17, 15) is 8.42 Å². The van der Waals surface area contributed by atoms with Crippen LogP contribution in [-0.2, 0) is 10.0 Å². The number of nitrogens with zero attached hydrogens (tertiary/aromatic N) is 1. The Bertz CT molecular complexity index is 553. The SMILES string of the molecule is C#Cc1ccc2c(c1)N=[C]NS2(=O)=O. The van der Waals surface area contributed by atoms with E-state index >= 15 is 0 Å². The van der Waals surface area contributed by atoms with Crippen molar-refractivity contribution < 1.29 is 8.42 Å². The van der Waals surface area contributed by atoms with Crippen LogP contribution in [0, 0.1) is 12.3 Å². The van der Waals surface area contributed by atoms with Crippen molar-refractivity contribution in [3.8, 4) is 12.3 Å². The van der Waals surface area contributed by atoms with Crippen molar-refractivity contribution in [3.05, 3.63) is 23.8 Å². The molecule has 5 heteroatoms. The summed E-state index contributed by atoms with van der Waals surface area (Å²) in [6.45, 7) is 0. The lowest BCUT2D eigenvalue weighted by Crippen LogP contribution is -2.24. The van der Waals surface area contributed by atoms with Crippen molar-refractivity contribution in [1.82, 2.24) is 4.72 Å². The van der Waals surface area contributed by atoms with Gasteiger partial charge in [-0.15, -0.1) is 6.42 Å². The molecule has 1 heterocycles. The van der Waals surface area contributed by atoms with Crippen LogP contribution in [0.5, 0.6) is 0 Å². The lowest BCUT2D eigenvalue weighted by molar-refractivity contribution is 0.592. The molecule has 0 aromatic heterocycles. The average molecular weight is 205 g/mol. The summed E-state index contributed by atoms with van der Waals surface area (Å²) in [7, 11) is -3.49. The van der Waals surface area contributed by atoms with Gasteiger partial charge in [-0.1, -0.05) is 5.92 Å². The van der Waals surface area contributed by atoms with E-state index in [0.29, 0.717) is 11.3 Å². The van der Waals surface area contributed by atoms with Crippen LogP contribution in [0.3, 0.4) is 0 Å². The molecule has 69 valence electrons. The fraction of sp³-hybridized carbons (Fsp3) is 0. The second-order valence-corrected chi connectivity index (χ2v) is 4.31. The van der Waals surface area contributed by atoms with Gasteiger partial charge in [0.15, 0.2) is 6.34 Å². The molecule has 0 atom stereocenters. The monoisotopic (exact) mass is 205 g/mol. The van der Waals surface area contributed by atoms with Crippen LogP contribution < -0.4 is 4.72 Å². The van der Waals surface area contributed by atoms with Gasteiger partial charge in [0.1, 0.15) is 4.90 Å². The molecule has 1 aromatic carbocycles. The third-order valence-electron chi connectivity index (χ3n) is 1.77. The topological polar surface area (TPSA) is 58.5 Å². The van der Waals surface area contributed by atoms with Gasteiger partial charge in [0.2, 0.25) is 0 Å². The fourth-order valence-electron chi connectivity index (χ4n) is 1.12. The maximum absolute atomic E-state index is 11.4. The summed E-state index contributed by atoms with van der Waals surface area (Å²) in [5, 5.41) is 0. The van der Waals surface area contributed by atoms with Crippen molar-refractivity contribution in [3.63, 3.8) is 0 Å². The number of hydrogen-bond donors (Lipinski definition) is 1. The number of nitrogens with one attached hydrogen (secondary N) is 1. The molecule has 0 fully saturated rings. The van der Waals surface area contributed by atoms with Gasteiger partial charge >= 0.3 is 0 Å². The van der Waals surface area contributed by atoms with Crippen molar-refractivity contribution in [1.29, 1.82) is 0 Å². The number of hydrogen-bond acceptors (Lipinski definition) is 3. The highest BCUT2D eigenvalue weighted by molar-refractivity contribution is 7.90. The van der Waals surface area contributed by atoms with E-state index in [1.54, 1.807) is 6.07 Å². The van der Waals surface area contributed by atoms with Crippen molar-refractivity contribution >= 4 is 22.0 Å². The summed E-state index contributed by atoms with van der Waals surface area (Å²) in [5.41, 5.74) is 0.908. The molecule has 1 N–H and O–H groups in total. The predicted molar refractivity (Wildman–Crippen MR) is 51.8 cm³/mol. The third kappa shape index (κ3) is 1.26. The molecule has 2 rings (SSSR count). The highest BCUT2D eigenvalue weighted by Gasteiger charge is 2.20. The molecule has 14 heavy (non-hydrogen) atoms. The number of terminal acetylenes is 1. The summed E-state index contributed by atoms with van der Waals surface area (Å²) < 4.78 is 24.8. The summed E-state index contributed by atoms with van der Waals surface area (Å²) in [4.78, 5) is 3.88. The molecule has 1 radical (unpaired) electrons. The summed E-state index contributed by atoms with van der Waals surface area (Å²) in [5.74, 6) is 2.40. The van der Waals surface area contributed by atoms with E-state index in [1.807, 2.05) is 0 Å². The Labute approximate surface area is 81.7 Å². The first-order valence-electron chi connectivity index (χ1n) is 3.72. The molecule has 1 aliphatic rings. The highest BCUT2D eigenvalue weighted by atomic mass is 32.2. The molecule has 0 spiro atoms. The highest BCUT2D eigenvalue weighted by Crippen LogP contribution is 2.26. The van der Waals surface area contributed by atoms with Crippen LogP contribution in [0.1, 0.15) is 5.56 Å². The molecule has 1 aliphatic heterocycles. The molecule has 1 aromatic rings. The van der Waals surface area contributed by atoms with Crippen LogP contribution in [-0.4, -0.2) is 14.8 Å². The first kappa shape index (κ1) is 8.78. The number of sulfonamides is 1. The van der Waals surface area contributed by atoms with E-state index in [-0.39, 0.29) is 4.90 Å². The normalized spacial score (nSPS) is 16.5. The predicted octanol–water partition coefficient (Wildman–Crippen LogP) is 0.497. The molecular formula is C9H5N2O2S. The zero-order chi connectivity index (χ0) is 10.2. The molecule has 4 nitrogen and oxygen atoms in total. The van der Waals surface area contributed by atoms with Gasteiger partial charge in [0.25, 0.3) is 10.0 Å². The van der Waals surface area contributed by atoms with Gasteiger partial charge < -0.3 is 0 Å². The number of benzene rings is 1. The summed E-state index contributed by atoms with van der Waals surface area (Å²) >= 11 is 0. The molecule has 0 saturated heterocycles. The standard InChI is InChI=1S/C9H5N2O2S/c1-2-7-3-4-9-8(5-7)10-6-11-14(9,12)13/h1,3-5H,(H,10,11). The number of fused-ring (bicyclic) bond motifs is 1. The second kappa shape index (κ2) is 2.86. The molecule has 0 amide bonds. The Balaban J connectivity index is 2.72. The minimum atomic E-state index is -3.49. The number of aliphatic imine (C=N–C) groups is 1. The average Bonchev–Trinajstić information content (AvgIpc) is 2.16. The van der Waals surface area contributed by atoms with E-state index in [1.165, 1.54) is 12.1 Å². The Kier molecular flexibility index (Phi) is 1.79. The fourth-order valence-corrected chi connectivity index (χ4v) is 2.02. The Hall–Kier alpha value is -1.80. The smallest absolute Gasteiger partial charge is 0.260 e. The molecule has 0 aliphatic carbocycles. The van der Waals surface area contributed by atoms with Crippen molar-refractivity contribution in [2.24, 2.45) is 4.99 Å². The Morgan fingerprint density at radius 1 is 1.50 bits per heavy atom. The van der Waals surface area contributed by atoms with E-state index in [4.69, 9.17) is 6.42 Å².